The van der Waals surface area contributed by atoms with E-state index in [1.165, 1.54) is 10.4 Å². The fraction of sp³-hybridized carbons (Fsp3) is 0.412. The first-order valence-corrected chi connectivity index (χ1v) is 8.99. The van der Waals surface area contributed by atoms with Crippen molar-refractivity contribution in [2.45, 2.75) is 26.2 Å². The second-order valence-electron chi connectivity index (χ2n) is 5.26. The van der Waals surface area contributed by atoms with E-state index in [0.29, 0.717) is 12.5 Å². The van der Waals surface area contributed by atoms with Gasteiger partial charge in [0.15, 0.2) is 0 Å². The third-order valence-electron chi connectivity index (χ3n) is 3.26. The number of halogens is 1. The third kappa shape index (κ3) is 5.46. The molecule has 0 unspecified atom stereocenters. The molecule has 1 aromatic heterocycles. The van der Waals surface area contributed by atoms with Crippen LogP contribution in [0, 0.1) is 0 Å². The van der Waals surface area contributed by atoms with Gasteiger partial charge in [-0.25, -0.2) is 0 Å². The number of thiophene rings is 1. The smallest absolute Gasteiger partial charge is 0.122 e. The van der Waals surface area contributed by atoms with Crippen molar-refractivity contribution in [1.29, 1.82) is 0 Å². The van der Waals surface area contributed by atoms with Crippen molar-refractivity contribution in [1.82, 2.24) is 5.32 Å². The normalized spacial score (nSPS) is 11.0. The molecule has 0 amide bonds. The zero-order valence-electron chi connectivity index (χ0n) is 12.6. The second kappa shape index (κ2) is 8.57. The lowest BCUT2D eigenvalue weighted by atomic mass is 10.0. The Kier molecular flexibility index (Phi) is 6.74. The van der Waals surface area contributed by atoms with Gasteiger partial charge in [-0.3, -0.25) is 0 Å². The maximum atomic E-state index is 5.91. The van der Waals surface area contributed by atoms with E-state index in [1.54, 1.807) is 0 Å². The quantitative estimate of drug-likeness (QED) is 0.673. The molecule has 0 spiro atoms. The molecule has 114 valence electrons. The number of hydrogen-bond donors (Lipinski definition) is 1. The summed E-state index contributed by atoms with van der Waals surface area (Å²) in [7, 11) is 0. The van der Waals surface area contributed by atoms with Gasteiger partial charge in [-0.2, -0.15) is 0 Å². The van der Waals surface area contributed by atoms with E-state index in [4.69, 9.17) is 4.74 Å². The molecule has 0 fully saturated rings. The van der Waals surface area contributed by atoms with Crippen LogP contribution < -0.4 is 10.1 Å². The van der Waals surface area contributed by atoms with Crippen LogP contribution in [0.5, 0.6) is 5.75 Å². The Bertz CT molecular complexity index is 540. The fourth-order valence-electron chi connectivity index (χ4n) is 2.13. The molecular weight excluding hydrogens is 346 g/mol. The molecule has 4 heteroatoms. The summed E-state index contributed by atoms with van der Waals surface area (Å²) in [4.78, 5) is 1.43. The average molecular weight is 368 g/mol. The molecule has 1 heterocycles. The number of hydrogen-bond acceptors (Lipinski definition) is 3. The molecule has 0 aliphatic carbocycles. The van der Waals surface area contributed by atoms with Crippen LogP contribution in [0.2, 0.25) is 0 Å². The summed E-state index contributed by atoms with van der Waals surface area (Å²) in [5.41, 5.74) is 1.25. The van der Waals surface area contributed by atoms with Crippen molar-refractivity contribution >= 4 is 27.3 Å². The Labute approximate surface area is 139 Å². The van der Waals surface area contributed by atoms with E-state index in [-0.39, 0.29) is 0 Å². The highest BCUT2D eigenvalue weighted by Gasteiger charge is 2.08. The van der Waals surface area contributed by atoms with Crippen molar-refractivity contribution < 1.29 is 4.74 Å². The molecule has 2 aromatic rings. The third-order valence-corrected chi connectivity index (χ3v) is 4.69. The molecule has 0 radical (unpaired) electrons. The van der Waals surface area contributed by atoms with Crippen molar-refractivity contribution in [3.05, 3.63) is 50.6 Å². The molecule has 0 saturated carbocycles. The van der Waals surface area contributed by atoms with Gasteiger partial charge in [0.2, 0.25) is 0 Å². The predicted molar refractivity (Wildman–Crippen MR) is 94.6 cm³/mol. The molecule has 0 atom stereocenters. The van der Waals surface area contributed by atoms with Gasteiger partial charge in [-0.05, 0) is 47.5 Å². The molecular formula is C17H22BrNOS. The minimum absolute atomic E-state index is 0.462. The van der Waals surface area contributed by atoms with Gasteiger partial charge in [0.05, 0.1) is 0 Å². The van der Waals surface area contributed by atoms with Gasteiger partial charge in [-0.1, -0.05) is 35.8 Å². The predicted octanol–water partition coefficient (Wildman–Crippen LogP) is 4.85. The Morgan fingerprint density at radius 3 is 2.81 bits per heavy atom. The highest BCUT2D eigenvalue weighted by molar-refractivity contribution is 9.10. The zero-order valence-corrected chi connectivity index (χ0v) is 15.0. The van der Waals surface area contributed by atoms with Crippen LogP contribution in [-0.4, -0.2) is 19.7 Å². The summed E-state index contributed by atoms with van der Waals surface area (Å²) < 4.78 is 7.01. The van der Waals surface area contributed by atoms with Gasteiger partial charge >= 0.3 is 0 Å². The van der Waals surface area contributed by atoms with E-state index < -0.39 is 0 Å². The summed E-state index contributed by atoms with van der Waals surface area (Å²) in [5.74, 6) is 1.46. The summed E-state index contributed by atoms with van der Waals surface area (Å²) in [5, 5.41) is 5.55. The van der Waals surface area contributed by atoms with Gasteiger partial charge in [0.25, 0.3) is 0 Å². The van der Waals surface area contributed by atoms with Crippen LogP contribution in [0.1, 0.15) is 30.2 Å². The minimum Gasteiger partial charge on any atom is -0.492 e. The van der Waals surface area contributed by atoms with E-state index in [2.05, 4.69) is 58.7 Å². The second-order valence-corrected chi connectivity index (χ2v) is 7.21. The summed E-state index contributed by atoms with van der Waals surface area (Å²) in [6.07, 6.45) is 1.09. The van der Waals surface area contributed by atoms with Crippen LogP contribution in [-0.2, 0) is 6.42 Å². The largest absolute Gasteiger partial charge is 0.492 e. The van der Waals surface area contributed by atoms with Crippen LogP contribution in [0.15, 0.2) is 40.2 Å². The first-order valence-electron chi connectivity index (χ1n) is 7.32. The number of benzene rings is 1. The van der Waals surface area contributed by atoms with E-state index in [0.717, 1.165) is 29.7 Å². The molecule has 0 saturated heterocycles. The molecule has 0 aliphatic rings. The molecule has 1 N–H and O–H groups in total. The summed E-state index contributed by atoms with van der Waals surface area (Å²) in [6, 6.07) is 10.5. The van der Waals surface area contributed by atoms with Crippen molar-refractivity contribution in [3.63, 3.8) is 0 Å². The maximum absolute atomic E-state index is 5.91. The van der Waals surface area contributed by atoms with E-state index in [9.17, 15) is 0 Å². The standard InChI is InChI=1S/C17H22BrNOS/c1-13(2)16-12-14(18)5-6-17(16)20-10-9-19-8-7-15-4-3-11-21-15/h3-6,11-13,19H,7-10H2,1-2H3. The lowest BCUT2D eigenvalue weighted by molar-refractivity contribution is 0.310. The van der Waals surface area contributed by atoms with Gasteiger partial charge in [0, 0.05) is 22.4 Å². The molecule has 1 aromatic carbocycles. The lowest BCUT2D eigenvalue weighted by Crippen LogP contribution is -2.23. The Hall–Kier alpha value is -0.840. The Morgan fingerprint density at radius 1 is 1.24 bits per heavy atom. The first kappa shape index (κ1) is 16.5. The van der Waals surface area contributed by atoms with Crippen molar-refractivity contribution in [2.75, 3.05) is 19.7 Å². The zero-order chi connectivity index (χ0) is 15.1. The van der Waals surface area contributed by atoms with Crippen molar-refractivity contribution in [2.24, 2.45) is 0 Å². The van der Waals surface area contributed by atoms with Crippen LogP contribution in [0.25, 0.3) is 0 Å². The Balaban J connectivity index is 1.71. The number of ether oxygens (including phenoxy) is 1. The molecule has 2 nitrogen and oxygen atoms in total. The first-order chi connectivity index (χ1) is 10.2. The molecule has 2 rings (SSSR count). The average Bonchev–Trinajstić information content (AvgIpc) is 2.97. The summed E-state index contributed by atoms with van der Waals surface area (Å²) in [6.45, 7) is 6.95. The van der Waals surface area contributed by atoms with Gasteiger partial charge in [0.1, 0.15) is 12.4 Å². The highest BCUT2D eigenvalue weighted by Crippen LogP contribution is 2.29. The van der Waals surface area contributed by atoms with E-state index in [1.807, 2.05) is 23.5 Å². The Morgan fingerprint density at radius 2 is 2.10 bits per heavy atom. The SMILES string of the molecule is CC(C)c1cc(Br)ccc1OCCNCCc1cccs1. The lowest BCUT2D eigenvalue weighted by Gasteiger charge is -2.14. The maximum Gasteiger partial charge on any atom is 0.122 e. The highest BCUT2D eigenvalue weighted by atomic mass is 79.9. The number of nitrogens with one attached hydrogen (secondary N) is 1. The monoisotopic (exact) mass is 367 g/mol. The summed E-state index contributed by atoms with van der Waals surface area (Å²) >= 11 is 5.33. The van der Waals surface area contributed by atoms with Crippen LogP contribution in [0.3, 0.4) is 0 Å². The molecule has 0 aliphatic heterocycles. The number of rotatable bonds is 8. The van der Waals surface area contributed by atoms with E-state index >= 15 is 0 Å². The topological polar surface area (TPSA) is 21.3 Å². The van der Waals surface area contributed by atoms with Crippen molar-refractivity contribution in [3.8, 4) is 5.75 Å². The van der Waals surface area contributed by atoms with Gasteiger partial charge < -0.3 is 10.1 Å². The molecule has 21 heavy (non-hydrogen) atoms. The van der Waals surface area contributed by atoms with Crippen LogP contribution in [0.4, 0.5) is 0 Å². The van der Waals surface area contributed by atoms with Gasteiger partial charge in [-0.15, -0.1) is 11.3 Å². The minimum atomic E-state index is 0.462. The van der Waals surface area contributed by atoms with Crippen LogP contribution >= 0.6 is 27.3 Å². The fourth-order valence-corrected chi connectivity index (χ4v) is 3.21. The molecule has 0 bridgehead atoms.